The number of piperidine rings is 1. The van der Waals surface area contributed by atoms with Crippen LogP contribution >= 0.6 is 0 Å². The zero-order chi connectivity index (χ0) is 11.7. The number of carbonyl (C=O) groups is 2. The van der Waals surface area contributed by atoms with Gasteiger partial charge in [-0.05, 0) is 17.8 Å². The molecule has 3 heteroatoms. The molecule has 0 radical (unpaired) electrons. The predicted molar refractivity (Wildman–Crippen MR) is 61.5 cm³/mol. The molecule has 0 aromatic carbocycles. The molecule has 2 fully saturated rings. The second-order valence-corrected chi connectivity index (χ2v) is 5.59. The zero-order valence-electron chi connectivity index (χ0n) is 10.2. The van der Waals surface area contributed by atoms with Crippen molar-refractivity contribution in [3.05, 3.63) is 0 Å². The SMILES string of the molecule is CC(C)C1C(=O)NC(=O)CC1C1CCCC1. The molecule has 2 aliphatic rings. The van der Waals surface area contributed by atoms with Crippen molar-refractivity contribution < 1.29 is 9.59 Å². The lowest BCUT2D eigenvalue weighted by molar-refractivity contribution is -0.141. The largest absolute Gasteiger partial charge is 0.296 e. The third kappa shape index (κ3) is 2.13. The maximum atomic E-state index is 11.9. The van der Waals surface area contributed by atoms with E-state index in [4.69, 9.17) is 0 Å². The summed E-state index contributed by atoms with van der Waals surface area (Å²) in [5.41, 5.74) is 0. The molecule has 2 rings (SSSR count). The lowest BCUT2D eigenvalue weighted by atomic mass is 9.71. The van der Waals surface area contributed by atoms with Crippen LogP contribution in [-0.2, 0) is 9.59 Å². The van der Waals surface area contributed by atoms with Gasteiger partial charge in [-0.2, -0.15) is 0 Å². The van der Waals surface area contributed by atoms with Crippen molar-refractivity contribution in [2.75, 3.05) is 0 Å². The molecule has 1 N–H and O–H groups in total. The van der Waals surface area contributed by atoms with Crippen molar-refractivity contribution in [1.82, 2.24) is 5.32 Å². The highest BCUT2D eigenvalue weighted by Gasteiger charge is 2.42. The van der Waals surface area contributed by atoms with Crippen molar-refractivity contribution in [2.24, 2.45) is 23.7 Å². The van der Waals surface area contributed by atoms with Gasteiger partial charge in [0.05, 0.1) is 0 Å². The fourth-order valence-corrected chi connectivity index (χ4v) is 3.45. The van der Waals surface area contributed by atoms with Gasteiger partial charge in [0.1, 0.15) is 0 Å². The van der Waals surface area contributed by atoms with Crippen LogP contribution in [0.1, 0.15) is 46.0 Å². The number of amides is 2. The van der Waals surface area contributed by atoms with Crippen molar-refractivity contribution in [3.8, 4) is 0 Å². The van der Waals surface area contributed by atoms with Crippen molar-refractivity contribution >= 4 is 11.8 Å². The van der Waals surface area contributed by atoms with E-state index in [-0.39, 0.29) is 17.7 Å². The molecule has 1 saturated heterocycles. The summed E-state index contributed by atoms with van der Waals surface area (Å²) >= 11 is 0. The Balaban J connectivity index is 2.16. The smallest absolute Gasteiger partial charge is 0.230 e. The molecule has 1 aliphatic heterocycles. The van der Waals surface area contributed by atoms with Gasteiger partial charge in [-0.1, -0.05) is 39.5 Å². The van der Waals surface area contributed by atoms with Crippen molar-refractivity contribution in [2.45, 2.75) is 46.0 Å². The molecule has 90 valence electrons. The standard InChI is InChI=1S/C13H21NO2/c1-8(2)12-10(9-5-3-4-6-9)7-11(15)14-13(12)16/h8-10,12H,3-7H2,1-2H3,(H,14,15,16). The molecule has 0 aromatic heterocycles. The highest BCUT2D eigenvalue weighted by Crippen LogP contribution is 2.41. The van der Waals surface area contributed by atoms with Crippen LogP contribution in [0.5, 0.6) is 0 Å². The molecule has 0 spiro atoms. The van der Waals surface area contributed by atoms with Crippen molar-refractivity contribution in [3.63, 3.8) is 0 Å². The van der Waals surface area contributed by atoms with Crippen LogP contribution in [0.25, 0.3) is 0 Å². The van der Waals surface area contributed by atoms with Crippen molar-refractivity contribution in [1.29, 1.82) is 0 Å². The van der Waals surface area contributed by atoms with Gasteiger partial charge in [-0.15, -0.1) is 0 Å². The summed E-state index contributed by atoms with van der Waals surface area (Å²) in [5.74, 6) is 1.16. The van der Waals surface area contributed by atoms with Gasteiger partial charge in [0, 0.05) is 12.3 Å². The van der Waals surface area contributed by atoms with E-state index in [9.17, 15) is 9.59 Å². The van der Waals surface area contributed by atoms with Crippen LogP contribution in [0.4, 0.5) is 0 Å². The third-order valence-electron chi connectivity index (χ3n) is 4.17. The second kappa shape index (κ2) is 4.56. The fraction of sp³-hybridized carbons (Fsp3) is 0.846. The summed E-state index contributed by atoms with van der Waals surface area (Å²) in [7, 11) is 0. The van der Waals surface area contributed by atoms with E-state index in [0.717, 1.165) is 0 Å². The summed E-state index contributed by atoms with van der Waals surface area (Å²) in [5, 5.41) is 2.49. The molecular formula is C13H21NO2. The Morgan fingerprint density at radius 3 is 2.38 bits per heavy atom. The summed E-state index contributed by atoms with van der Waals surface area (Å²) in [6, 6.07) is 0. The average Bonchev–Trinajstić information content (AvgIpc) is 2.67. The fourth-order valence-electron chi connectivity index (χ4n) is 3.45. The quantitative estimate of drug-likeness (QED) is 0.729. The van der Waals surface area contributed by atoms with Gasteiger partial charge in [0.2, 0.25) is 11.8 Å². The molecule has 2 amide bonds. The first-order chi connectivity index (χ1) is 7.59. The third-order valence-corrected chi connectivity index (χ3v) is 4.17. The number of imide groups is 1. The van der Waals surface area contributed by atoms with Crippen LogP contribution in [0.15, 0.2) is 0 Å². The van der Waals surface area contributed by atoms with Crippen LogP contribution < -0.4 is 5.32 Å². The van der Waals surface area contributed by atoms with Crippen LogP contribution in [0.2, 0.25) is 0 Å². The van der Waals surface area contributed by atoms with E-state index in [1.165, 1.54) is 25.7 Å². The van der Waals surface area contributed by atoms with E-state index >= 15 is 0 Å². The molecular weight excluding hydrogens is 202 g/mol. The molecule has 0 bridgehead atoms. The minimum absolute atomic E-state index is 0.0388. The number of hydrogen-bond donors (Lipinski definition) is 1. The summed E-state index contributed by atoms with van der Waals surface area (Å²) in [6.45, 7) is 4.17. The van der Waals surface area contributed by atoms with Gasteiger partial charge in [0.25, 0.3) is 0 Å². The Bertz CT molecular complexity index is 292. The van der Waals surface area contributed by atoms with Gasteiger partial charge in [0.15, 0.2) is 0 Å². The molecule has 1 aliphatic carbocycles. The van der Waals surface area contributed by atoms with Gasteiger partial charge >= 0.3 is 0 Å². The van der Waals surface area contributed by atoms with Gasteiger partial charge < -0.3 is 0 Å². The first kappa shape index (κ1) is 11.6. The first-order valence-corrected chi connectivity index (χ1v) is 6.43. The summed E-state index contributed by atoms with van der Waals surface area (Å²) < 4.78 is 0. The normalized spacial score (nSPS) is 32.2. The highest BCUT2D eigenvalue weighted by molar-refractivity contribution is 5.99. The van der Waals surface area contributed by atoms with Gasteiger partial charge in [-0.3, -0.25) is 14.9 Å². The van der Waals surface area contributed by atoms with E-state index in [2.05, 4.69) is 19.2 Å². The lowest BCUT2D eigenvalue weighted by Gasteiger charge is -2.36. The Hall–Kier alpha value is -0.860. The predicted octanol–water partition coefficient (Wildman–Crippen LogP) is 2.11. The minimum atomic E-state index is -0.0706. The van der Waals surface area contributed by atoms with E-state index in [1.54, 1.807) is 0 Å². The summed E-state index contributed by atoms with van der Waals surface area (Å²) in [6.07, 6.45) is 5.49. The maximum Gasteiger partial charge on any atom is 0.230 e. The van der Waals surface area contributed by atoms with Crippen LogP contribution in [0, 0.1) is 23.7 Å². The Morgan fingerprint density at radius 2 is 1.81 bits per heavy atom. The minimum Gasteiger partial charge on any atom is -0.296 e. The van der Waals surface area contributed by atoms with E-state index in [0.29, 0.717) is 24.2 Å². The Labute approximate surface area is 97.0 Å². The van der Waals surface area contributed by atoms with E-state index < -0.39 is 0 Å². The Morgan fingerprint density at radius 1 is 1.19 bits per heavy atom. The molecule has 1 heterocycles. The number of rotatable bonds is 2. The van der Waals surface area contributed by atoms with Crippen LogP contribution in [0.3, 0.4) is 0 Å². The molecule has 0 aromatic rings. The highest BCUT2D eigenvalue weighted by atomic mass is 16.2. The average molecular weight is 223 g/mol. The molecule has 2 atom stereocenters. The maximum absolute atomic E-state index is 11.9. The molecule has 3 nitrogen and oxygen atoms in total. The number of carbonyl (C=O) groups excluding carboxylic acids is 2. The second-order valence-electron chi connectivity index (χ2n) is 5.59. The topological polar surface area (TPSA) is 46.2 Å². The molecule has 1 saturated carbocycles. The first-order valence-electron chi connectivity index (χ1n) is 6.43. The number of nitrogens with one attached hydrogen (secondary N) is 1. The molecule has 2 unspecified atom stereocenters. The van der Waals surface area contributed by atoms with E-state index in [1.807, 2.05) is 0 Å². The lowest BCUT2D eigenvalue weighted by Crippen LogP contribution is -2.49. The number of hydrogen-bond acceptors (Lipinski definition) is 2. The van der Waals surface area contributed by atoms with Gasteiger partial charge in [-0.25, -0.2) is 0 Å². The summed E-state index contributed by atoms with van der Waals surface area (Å²) in [4.78, 5) is 23.4. The molecule has 16 heavy (non-hydrogen) atoms. The van der Waals surface area contributed by atoms with Crippen LogP contribution in [-0.4, -0.2) is 11.8 Å². The monoisotopic (exact) mass is 223 g/mol. The Kier molecular flexibility index (Phi) is 3.31. The zero-order valence-corrected chi connectivity index (χ0v) is 10.2.